The van der Waals surface area contributed by atoms with Crippen LogP contribution in [-0.2, 0) is 0 Å². The van der Waals surface area contributed by atoms with Gasteiger partial charge in [-0.2, -0.15) is 5.10 Å². The third-order valence-corrected chi connectivity index (χ3v) is 5.09. The van der Waals surface area contributed by atoms with Crippen LogP contribution in [0.4, 0.5) is 0 Å². The van der Waals surface area contributed by atoms with Gasteiger partial charge in [-0.25, -0.2) is 4.99 Å². The number of ether oxygens (including phenoxy) is 1. The Hall–Kier alpha value is -2.54. The molecular weight excluding hydrogens is 352 g/mol. The van der Waals surface area contributed by atoms with Crippen LogP contribution >= 0.6 is 0 Å². The number of nitrogens with one attached hydrogen (secondary N) is 3. The van der Waals surface area contributed by atoms with E-state index in [4.69, 9.17) is 4.74 Å². The molecule has 3 N–H and O–H groups in total. The molecule has 7 nitrogen and oxygen atoms in total. The molecule has 0 unspecified atom stereocenters. The summed E-state index contributed by atoms with van der Waals surface area (Å²) in [5.74, 6) is 1.96. The quantitative estimate of drug-likeness (QED) is 0.758. The summed E-state index contributed by atoms with van der Waals surface area (Å²) in [6.07, 6.45) is 4.83. The van der Waals surface area contributed by atoms with Crippen molar-refractivity contribution in [2.24, 2.45) is 4.99 Å². The number of aromatic nitrogens is 2. The summed E-state index contributed by atoms with van der Waals surface area (Å²) >= 11 is 0. The Labute approximate surface area is 167 Å². The first-order valence-electron chi connectivity index (χ1n) is 10.4. The molecule has 7 heteroatoms. The van der Waals surface area contributed by atoms with Crippen LogP contribution < -0.4 is 15.4 Å². The number of aliphatic imine (C=N–C) groups is 1. The normalized spacial score (nSPS) is 22.0. The standard InChI is InChI=1S/C19H24N6O.C2H6.H2/c1-12-10-25(7-6-20-12)18-9-17(21-11-22-18)19-15-8-14(26-13-2-3-13)4-5-16(15)23-24-19;1-2;/h4-5,8-9,12-13,20-21H,2-3,6-7,10-11H2,1H3,(H,23,24);1-2H3;1H/t12-;;/m0../s1. The lowest BCUT2D eigenvalue weighted by Gasteiger charge is -2.34. The minimum atomic E-state index is 0. The Balaban J connectivity index is 0.000000778. The van der Waals surface area contributed by atoms with Gasteiger partial charge in [-0.3, -0.25) is 5.10 Å². The largest absolute Gasteiger partial charge is 0.490 e. The molecule has 2 aromatic rings. The highest BCUT2D eigenvalue weighted by molar-refractivity contribution is 6.03. The summed E-state index contributed by atoms with van der Waals surface area (Å²) in [6.45, 7) is 9.73. The van der Waals surface area contributed by atoms with Gasteiger partial charge in [0.2, 0.25) is 0 Å². The number of piperazine rings is 1. The van der Waals surface area contributed by atoms with E-state index < -0.39 is 0 Å². The maximum Gasteiger partial charge on any atom is 0.127 e. The first kappa shape index (κ1) is 18.8. The van der Waals surface area contributed by atoms with Crippen LogP contribution in [0.15, 0.2) is 29.3 Å². The highest BCUT2D eigenvalue weighted by atomic mass is 16.5. The van der Waals surface area contributed by atoms with Crippen LogP contribution in [0.5, 0.6) is 5.75 Å². The van der Waals surface area contributed by atoms with Gasteiger partial charge in [0.25, 0.3) is 0 Å². The van der Waals surface area contributed by atoms with Crippen molar-refractivity contribution in [2.45, 2.75) is 45.8 Å². The van der Waals surface area contributed by atoms with Crippen LogP contribution in [0.2, 0.25) is 0 Å². The van der Waals surface area contributed by atoms with Crippen molar-refractivity contribution in [2.75, 3.05) is 26.3 Å². The van der Waals surface area contributed by atoms with Gasteiger partial charge in [0.15, 0.2) is 0 Å². The SMILES string of the molecule is CC.C[C@H]1CN(C2=NCNC(c3n[nH]c4ccc(OC5CC5)cc34)=C2)CCN1.[HH]. The van der Waals surface area contributed by atoms with Gasteiger partial charge >= 0.3 is 0 Å². The Bertz CT molecular complexity index is 888. The average molecular weight is 385 g/mol. The molecule has 1 aliphatic carbocycles. The Kier molecular flexibility index (Phi) is 5.52. The van der Waals surface area contributed by atoms with Crippen molar-refractivity contribution in [1.29, 1.82) is 0 Å². The summed E-state index contributed by atoms with van der Waals surface area (Å²) in [4.78, 5) is 7.00. The number of aromatic amines is 1. The lowest BCUT2D eigenvalue weighted by Crippen LogP contribution is -2.51. The lowest BCUT2D eigenvalue weighted by molar-refractivity contribution is 0.303. The van der Waals surface area contributed by atoms with E-state index in [1.54, 1.807) is 0 Å². The molecule has 28 heavy (non-hydrogen) atoms. The second-order valence-electron chi connectivity index (χ2n) is 7.31. The molecule has 1 saturated carbocycles. The van der Waals surface area contributed by atoms with E-state index in [1.165, 1.54) is 0 Å². The molecule has 1 aromatic carbocycles. The van der Waals surface area contributed by atoms with E-state index >= 15 is 0 Å². The first-order chi connectivity index (χ1) is 13.8. The molecular formula is C21H32N6O. The van der Waals surface area contributed by atoms with Crippen LogP contribution in [-0.4, -0.2) is 59.4 Å². The fraction of sp³-hybridized carbons (Fsp3) is 0.524. The minimum absolute atomic E-state index is 0. The summed E-state index contributed by atoms with van der Waals surface area (Å²) in [5, 5.41) is 15.6. The van der Waals surface area contributed by atoms with E-state index in [9.17, 15) is 0 Å². The molecule has 0 spiro atoms. The number of benzene rings is 1. The van der Waals surface area contributed by atoms with Crippen molar-refractivity contribution in [3.05, 3.63) is 30.0 Å². The smallest absolute Gasteiger partial charge is 0.127 e. The minimum Gasteiger partial charge on any atom is -0.490 e. The fourth-order valence-electron chi connectivity index (χ4n) is 3.57. The van der Waals surface area contributed by atoms with Crippen molar-refractivity contribution in [3.8, 4) is 5.75 Å². The van der Waals surface area contributed by atoms with E-state index in [-0.39, 0.29) is 1.43 Å². The van der Waals surface area contributed by atoms with Crippen molar-refractivity contribution in [1.82, 2.24) is 25.7 Å². The number of H-pyrrole nitrogens is 1. The number of nitrogens with zero attached hydrogens (tertiary/aromatic N) is 3. The number of amidine groups is 1. The van der Waals surface area contributed by atoms with Crippen LogP contribution in [0.25, 0.3) is 16.6 Å². The average Bonchev–Trinajstić information content (AvgIpc) is 3.45. The summed E-state index contributed by atoms with van der Waals surface area (Å²) in [5.41, 5.74) is 2.96. The fourth-order valence-corrected chi connectivity index (χ4v) is 3.57. The van der Waals surface area contributed by atoms with E-state index in [0.29, 0.717) is 18.8 Å². The van der Waals surface area contributed by atoms with Gasteiger partial charge in [0.1, 0.15) is 23.9 Å². The molecule has 1 saturated heterocycles. The van der Waals surface area contributed by atoms with Crippen LogP contribution in [0.3, 0.4) is 0 Å². The number of rotatable bonds is 3. The van der Waals surface area contributed by atoms with Crippen molar-refractivity contribution >= 4 is 22.4 Å². The summed E-state index contributed by atoms with van der Waals surface area (Å²) in [6, 6.07) is 6.62. The zero-order valence-electron chi connectivity index (χ0n) is 17.0. The van der Waals surface area contributed by atoms with Gasteiger partial charge in [0.05, 0.1) is 17.3 Å². The number of hydrogen-bond donors (Lipinski definition) is 3. The molecule has 0 bridgehead atoms. The second-order valence-corrected chi connectivity index (χ2v) is 7.31. The second kappa shape index (κ2) is 8.22. The predicted molar refractivity (Wildman–Crippen MR) is 116 cm³/mol. The van der Waals surface area contributed by atoms with Crippen LogP contribution in [0, 0.1) is 0 Å². The molecule has 1 atom stereocenters. The maximum atomic E-state index is 5.95. The Morgan fingerprint density at radius 2 is 2.11 bits per heavy atom. The number of hydrogen-bond acceptors (Lipinski definition) is 6. The topological polar surface area (TPSA) is 77.6 Å². The van der Waals surface area contributed by atoms with E-state index in [2.05, 4.69) is 49.8 Å². The molecule has 3 heterocycles. The van der Waals surface area contributed by atoms with Gasteiger partial charge in [-0.15, -0.1) is 0 Å². The van der Waals surface area contributed by atoms with Crippen LogP contribution in [0.1, 0.15) is 40.7 Å². The molecule has 2 fully saturated rings. The highest BCUT2D eigenvalue weighted by Gasteiger charge is 2.24. The van der Waals surface area contributed by atoms with Gasteiger partial charge in [0, 0.05) is 38.6 Å². The van der Waals surface area contributed by atoms with E-state index in [0.717, 1.165) is 66.4 Å². The molecule has 5 rings (SSSR count). The molecule has 152 valence electrons. The van der Waals surface area contributed by atoms with Gasteiger partial charge < -0.3 is 20.3 Å². The monoisotopic (exact) mass is 384 g/mol. The molecule has 1 aromatic heterocycles. The van der Waals surface area contributed by atoms with Crippen molar-refractivity contribution < 1.29 is 6.16 Å². The zero-order valence-corrected chi connectivity index (χ0v) is 17.0. The Morgan fingerprint density at radius 1 is 1.25 bits per heavy atom. The van der Waals surface area contributed by atoms with Gasteiger partial charge in [-0.05, 0) is 38.0 Å². The highest BCUT2D eigenvalue weighted by Crippen LogP contribution is 2.31. The molecule has 2 aliphatic heterocycles. The molecule has 0 radical (unpaired) electrons. The summed E-state index contributed by atoms with van der Waals surface area (Å²) < 4.78 is 5.95. The van der Waals surface area contributed by atoms with E-state index in [1.807, 2.05) is 26.0 Å². The number of fused-ring (bicyclic) bond motifs is 1. The maximum absolute atomic E-state index is 5.95. The predicted octanol–water partition coefficient (Wildman–Crippen LogP) is 2.97. The summed E-state index contributed by atoms with van der Waals surface area (Å²) in [7, 11) is 0. The third kappa shape index (κ3) is 3.99. The first-order valence-corrected chi connectivity index (χ1v) is 10.4. The molecule has 3 aliphatic rings. The Morgan fingerprint density at radius 3 is 2.89 bits per heavy atom. The lowest BCUT2D eigenvalue weighted by atomic mass is 10.1. The van der Waals surface area contributed by atoms with Crippen molar-refractivity contribution in [3.63, 3.8) is 0 Å². The third-order valence-electron chi connectivity index (χ3n) is 5.09. The van der Waals surface area contributed by atoms with Gasteiger partial charge in [-0.1, -0.05) is 13.8 Å². The molecule has 0 amide bonds. The zero-order chi connectivity index (χ0) is 19.5.